The summed E-state index contributed by atoms with van der Waals surface area (Å²) in [5, 5.41) is 18.2. The molecule has 15 heavy (non-hydrogen) atoms. The molecule has 1 saturated carbocycles. The Morgan fingerprint density at radius 2 is 2.27 bits per heavy atom. The van der Waals surface area contributed by atoms with E-state index >= 15 is 0 Å². The number of pyridine rings is 1. The van der Waals surface area contributed by atoms with Gasteiger partial charge in [-0.05, 0) is 24.5 Å². The van der Waals surface area contributed by atoms with Gasteiger partial charge in [0.2, 0.25) is 5.88 Å². The maximum Gasteiger partial charge on any atom is 0.213 e. The predicted octanol–water partition coefficient (Wildman–Crippen LogP) is 1.04. The lowest BCUT2D eigenvalue weighted by Crippen LogP contribution is -2.02. The van der Waals surface area contributed by atoms with E-state index in [0.717, 1.165) is 12.8 Å². The second kappa shape index (κ2) is 4.59. The third kappa shape index (κ3) is 2.91. The van der Waals surface area contributed by atoms with Gasteiger partial charge in [0.25, 0.3) is 0 Å². The average Bonchev–Trinajstić information content (AvgIpc) is 3.03. The number of rotatable bonds is 5. The molecule has 4 heteroatoms. The first-order chi connectivity index (χ1) is 7.29. The highest BCUT2D eigenvalue weighted by molar-refractivity contribution is 5.20. The third-order valence-electron chi connectivity index (χ3n) is 2.36. The SMILES string of the molecule is OCCC(O)c1ccc(OC2CC2)nc1. The van der Waals surface area contributed by atoms with Crippen LogP contribution < -0.4 is 4.74 Å². The van der Waals surface area contributed by atoms with E-state index in [1.54, 1.807) is 18.3 Å². The molecule has 0 aliphatic heterocycles. The molecule has 1 aliphatic rings. The summed E-state index contributed by atoms with van der Waals surface area (Å²) < 4.78 is 5.48. The van der Waals surface area contributed by atoms with Crippen molar-refractivity contribution in [2.75, 3.05) is 6.61 Å². The highest BCUT2D eigenvalue weighted by Gasteiger charge is 2.23. The number of aromatic nitrogens is 1. The molecule has 0 aromatic carbocycles. The molecule has 1 fully saturated rings. The first-order valence-electron chi connectivity index (χ1n) is 5.21. The Bertz CT molecular complexity index is 308. The lowest BCUT2D eigenvalue weighted by molar-refractivity contribution is 0.134. The van der Waals surface area contributed by atoms with Crippen LogP contribution in [0.3, 0.4) is 0 Å². The molecule has 1 unspecified atom stereocenters. The molecule has 82 valence electrons. The summed E-state index contributed by atoms with van der Waals surface area (Å²) in [6.45, 7) is -0.0263. The molecular weight excluding hydrogens is 194 g/mol. The van der Waals surface area contributed by atoms with Crippen molar-refractivity contribution >= 4 is 0 Å². The summed E-state index contributed by atoms with van der Waals surface area (Å²) in [5.74, 6) is 0.609. The average molecular weight is 209 g/mol. The minimum absolute atomic E-state index is 0.0263. The monoisotopic (exact) mass is 209 g/mol. The number of hydrogen-bond donors (Lipinski definition) is 2. The van der Waals surface area contributed by atoms with Gasteiger partial charge in [-0.1, -0.05) is 0 Å². The lowest BCUT2D eigenvalue weighted by Gasteiger charge is -2.09. The Morgan fingerprint density at radius 1 is 1.47 bits per heavy atom. The highest BCUT2D eigenvalue weighted by Crippen LogP contribution is 2.26. The number of aliphatic hydroxyl groups is 2. The highest BCUT2D eigenvalue weighted by atomic mass is 16.5. The Balaban J connectivity index is 1.95. The van der Waals surface area contributed by atoms with Crippen molar-refractivity contribution in [3.05, 3.63) is 23.9 Å². The molecule has 1 aromatic rings. The maximum atomic E-state index is 9.56. The summed E-state index contributed by atoms with van der Waals surface area (Å²) in [5.41, 5.74) is 0.715. The van der Waals surface area contributed by atoms with E-state index in [1.807, 2.05) is 0 Å². The molecule has 2 N–H and O–H groups in total. The molecule has 0 amide bonds. The van der Waals surface area contributed by atoms with E-state index in [9.17, 15) is 5.11 Å². The quantitative estimate of drug-likeness (QED) is 0.760. The van der Waals surface area contributed by atoms with Crippen molar-refractivity contribution in [2.24, 2.45) is 0 Å². The van der Waals surface area contributed by atoms with E-state index in [-0.39, 0.29) is 6.61 Å². The van der Waals surface area contributed by atoms with Crippen molar-refractivity contribution in [2.45, 2.75) is 31.5 Å². The van der Waals surface area contributed by atoms with E-state index in [4.69, 9.17) is 9.84 Å². The van der Waals surface area contributed by atoms with Crippen LogP contribution >= 0.6 is 0 Å². The van der Waals surface area contributed by atoms with Crippen LogP contribution in [0.2, 0.25) is 0 Å². The van der Waals surface area contributed by atoms with Crippen LogP contribution in [0.5, 0.6) is 5.88 Å². The first-order valence-corrected chi connectivity index (χ1v) is 5.21. The van der Waals surface area contributed by atoms with Crippen LogP contribution in [-0.2, 0) is 0 Å². The van der Waals surface area contributed by atoms with Gasteiger partial charge in [0.05, 0.1) is 6.10 Å². The number of hydrogen-bond acceptors (Lipinski definition) is 4. The lowest BCUT2D eigenvalue weighted by atomic mass is 10.1. The van der Waals surface area contributed by atoms with Crippen LogP contribution in [0.25, 0.3) is 0 Å². The molecule has 0 radical (unpaired) electrons. The van der Waals surface area contributed by atoms with Gasteiger partial charge in [0.15, 0.2) is 0 Å². The minimum atomic E-state index is -0.641. The fourth-order valence-electron chi connectivity index (χ4n) is 1.30. The van der Waals surface area contributed by atoms with E-state index in [1.165, 1.54) is 0 Å². The number of nitrogens with zero attached hydrogens (tertiary/aromatic N) is 1. The second-order valence-corrected chi connectivity index (χ2v) is 3.78. The topological polar surface area (TPSA) is 62.6 Å². The van der Waals surface area contributed by atoms with Gasteiger partial charge < -0.3 is 14.9 Å². The van der Waals surface area contributed by atoms with Gasteiger partial charge in [-0.25, -0.2) is 4.98 Å². The van der Waals surface area contributed by atoms with Crippen LogP contribution in [-0.4, -0.2) is 27.9 Å². The van der Waals surface area contributed by atoms with Crippen molar-refractivity contribution in [3.8, 4) is 5.88 Å². The first kappa shape index (κ1) is 10.4. The summed E-state index contributed by atoms with van der Waals surface area (Å²) in [7, 11) is 0. The van der Waals surface area contributed by atoms with Crippen molar-refractivity contribution in [1.82, 2.24) is 4.98 Å². The Morgan fingerprint density at radius 3 is 2.80 bits per heavy atom. The van der Waals surface area contributed by atoms with E-state index < -0.39 is 6.10 Å². The predicted molar refractivity (Wildman–Crippen MR) is 54.5 cm³/mol. The molecule has 0 saturated heterocycles. The zero-order chi connectivity index (χ0) is 10.7. The zero-order valence-electron chi connectivity index (χ0n) is 8.47. The Labute approximate surface area is 88.5 Å². The zero-order valence-corrected chi connectivity index (χ0v) is 8.47. The van der Waals surface area contributed by atoms with Crippen LogP contribution in [0.1, 0.15) is 30.9 Å². The maximum absolute atomic E-state index is 9.56. The van der Waals surface area contributed by atoms with Gasteiger partial charge >= 0.3 is 0 Å². The van der Waals surface area contributed by atoms with E-state index in [2.05, 4.69) is 4.98 Å². The van der Waals surface area contributed by atoms with Crippen LogP contribution in [0.15, 0.2) is 18.3 Å². The van der Waals surface area contributed by atoms with E-state index in [0.29, 0.717) is 24.0 Å². The molecular formula is C11H15NO3. The smallest absolute Gasteiger partial charge is 0.213 e. The fourth-order valence-corrected chi connectivity index (χ4v) is 1.30. The summed E-state index contributed by atoms with van der Waals surface area (Å²) in [6, 6.07) is 3.54. The van der Waals surface area contributed by atoms with Crippen LogP contribution in [0, 0.1) is 0 Å². The van der Waals surface area contributed by atoms with Gasteiger partial charge in [-0.15, -0.1) is 0 Å². The van der Waals surface area contributed by atoms with Crippen LogP contribution in [0.4, 0.5) is 0 Å². The number of ether oxygens (including phenoxy) is 1. The van der Waals surface area contributed by atoms with Crippen molar-refractivity contribution in [3.63, 3.8) is 0 Å². The Kier molecular flexibility index (Phi) is 3.18. The molecule has 4 nitrogen and oxygen atoms in total. The fraction of sp³-hybridized carbons (Fsp3) is 0.545. The molecule has 0 bridgehead atoms. The van der Waals surface area contributed by atoms with Gasteiger partial charge in [0, 0.05) is 25.3 Å². The van der Waals surface area contributed by atoms with Gasteiger partial charge in [-0.2, -0.15) is 0 Å². The van der Waals surface area contributed by atoms with Crippen molar-refractivity contribution < 1.29 is 14.9 Å². The van der Waals surface area contributed by atoms with Gasteiger partial charge in [0.1, 0.15) is 6.10 Å². The molecule has 0 spiro atoms. The molecule has 1 aromatic heterocycles. The van der Waals surface area contributed by atoms with Crippen molar-refractivity contribution in [1.29, 1.82) is 0 Å². The summed E-state index contributed by atoms with van der Waals surface area (Å²) in [6.07, 6.45) is 3.85. The minimum Gasteiger partial charge on any atom is -0.474 e. The molecule has 2 rings (SSSR count). The second-order valence-electron chi connectivity index (χ2n) is 3.78. The normalized spacial score (nSPS) is 17.5. The standard InChI is InChI=1S/C11H15NO3/c13-6-5-10(14)8-1-4-11(12-7-8)15-9-2-3-9/h1,4,7,9-10,13-14H,2-3,5-6H2. The molecule has 1 heterocycles. The molecule has 1 aliphatic carbocycles. The summed E-state index contributed by atoms with van der Waals surface area (Å²) >= 11 is 0. The molecule has 1 atom stereocenters. The number of aliphatic hydroxyl groups excluding tert-OH is 2. The summed E-state index contributed by atoms with van der Waals surface area (Å²) in [4.78, 5) is 4.10. The third-order valence-corrected chi connectivity index (χ3v) is 2.36. The van der Waals surface area contributed by atoms with Gasteiger partial charge in [-0.3, -0.25) is 0 Å². The Hall–Kier alpha value is -1.13. The largest absolute Gasteiger partial charge is 0.474 e.